The third-order valence-corrected chi connectivity index (χ3v) is 5.00. The quantitative estimate of drug-likeness (QED) is 0.293. The Morgan fingerprint density at radius 1 is 1.19 bits per heavy atom. The normalized spacial score (nSPS) is 13.0. The monoisotopic (exact) mass is 382 g/mol. The van der Waals surface area contributed by atoms with E-state index in [2.05, 4.69) is 32.9 Å². The lowest BCUT2D eigenvalue weighted by Crippen LogP contribution is -2.13. The van der Waals surface area contributed by atoms with E-state index in [0.717, 1.165) is 22.8 Å². The van der Waals surface area contributed by atoms with Gasteiger partial charge in [-0.15, -0.1) is 10.2 Å². The van der Waals surface area contributed by atoms with Crippen molar-refractivity contribution in [1.29, 1.82) is 0 Å². The summed E-state index contributed by atoms with van der Waals surface area (Å²) in [5.41, 5.74) is 5.73. The highest BCUT2D eigenvalue weighted by Gasteiger charge is 2.14. The van der Waals surface area contributed by atoms with Crippen LogP contribution in [0.2, 0.25) is 0 Å². The van der Waals surface area contributed by atoms with Crippen molar-refractivity contribution in [3.63, 3.8) is 0 Å². The van der Waals surface area contributed by atoms with Gasteiger partial charge in [0.1, 0.15) is 0 Å². The summed E-state index contributed by atoms with van der Waals surface area (Å²) in [4.78, 5) is 0. The summed E-state index contributed by atoms with van der Waals surface area (Å²) in [5.74, 6) is 8.64. The zero-order chi connectivity index (χ0) is 18.6. The Labute approximate surface area is 160 Å². The number of fused-ring (bicyclic) bond motifs is 1. The molecule has 1 aliphatic heterocycles. The maximum atomic E-state index is 6.07. The summed E-state index contributed by atoms with van der Waals surface area (Å²) < 4.78 is 12.1. The third-order valence-electron chi connectivity index (χ3n) is 3.99. The second kappa shape index (κ2) is 7.58. The average molecular weight is 382 g/mol. The van der Waals surface area contributed by atoms with E-state index in [-0.39, 0.29) is 6.79 Å². The summed E-state index contributed by atoms with van der Waals surface area (Å²) in [5, 5.41) is 13.1. The first-order valence-electron chi connectivity index (χ1n) is 8.28. The van der Waals surface area contributed by atoms with Gasteiger partial charge in [0, 0.05) is 11.3 Å². The minimum atomic E-state index is 0.243. The van der Waals surface area contributed by atoms with E-state index >= 15 is 0 Å². The number of anilines is 1. The van der Waals surface area contributed by atoms with Crippen molar-refractivity contribution in [3.8, 4) is 11.5 Å². The van der Waals surface area contributed by atoms with Crippen LogP contribution in [0.4, 0.5) is 5.95 Å². The molecular formula is C18H18N6O2S. The molecule has 0 aliphatic carbocycles. The molecule has 8 nitrogen and oxygen atoms in total. The lowest BCUT2D eigenvalue weighted by atomic mass is 10.1. The van der Waals surface area contributed by atoms with Gasteiger partial charge in [-0.3, -0.25) is 0 Å². The van der Waals surface area contributed by atoms with Crippen LogP contribution in [0.15, 0.2) is 58.8 Å². The molecule has 0 spiro atoms. The molecule has 0 saturated heterocycles. The Bertz CT molecular complexity index is 973. The number of thioether (sulfide) groups is 1. The van der Waals surface area contributed by atoms with Crippen molar-refractivity contribution in [2.24, 2.45) is 5.10 Å². The Morgan fingerprint density at radius 2 is 2.00 bits per heavy atom. The molecule has 2 heterocycles. The zero-order valence-corrected chi connectivity index (χ0v) is 15.4. The fraction of sp³-hybridized carbons (Fsp3) is 0.167. The lowest BCUT2D eigenvalue weighted by molar-refractivity contribution is 0.174. The number of rotatable bonds is 6. The lowest BCUT2D eigenvalue weighted by Gasteiger charge is -2.05. The van der Waals surface area contributed by atoms with Gasteiger partial charge in [0.2, 0.25) is 11.9 Å². The van der Waals surface area contributed by atoms with E-state index in [1.807, 2.05) is 43.3 Å². The first kappa shape index (κ1) is 17.2. The molecule has 0 amide bonds. The van der Waals surface area contributed by atoms with Gasteiger partial charge < -0.3 is 15.3 Å². The second-order valence-corrected chi connectivity index (χ2v) is 6.77. The largest absolute Gasteiger partial charge is 0.454 e. The number of nitrogens with two attached hydrogens (primary N) is 1. The van der Waals surface area contributed by atoms with Crippen molar-refractivity contribution in [3.05, 3.63) is 59.7 Å². The number of hydrogen-bond donors (Lipinski definition) is 2. The van der Waals surface area contributed by atoms with Crippen LogP contribution in [-0.4, -0.2) is 27.4 Å². The van der Waals surface area contributed by atoms with E-state index < -0.39 is 0 Å². The molecule has 0 atom stereocenters. The van der Waals surface area contributed by atoms with Crippen molar-refractivity contribution in [1.82, 2.24) is 14.9 Å². The molecule has 0 radical (unpaired) electrons. The number of nitrogens with zero attached hydrogens (tertiary/aromatic N) is 4. The van der Waals surface area contributed by atoms with E-state index in [9.17, 15) is 0 Å². The molecule has 1 aromatic heterocycles. The molecule has 0 fully saturated rings. The predicted molar refractivity (Wildman–Crippen MR) is 105 cm³/mol. The molecule has 138 valence electrons. The van der Waals surface area contributed by atoms with Crippen LogP contribution in [-0.2, 0) is 5.75 Å². The standard InChI is InChI=1S/C18H18N6O2S/c1-12(14-7-8-15-16(9-14)26-11-25-15)20-21-17-22-23-18(24(17)19)27-10-13-5-3-2-4-6-13/h2-9H,10-11,19H2,1H3,(H,21,22)/b20-12+. The summed E-state index contributed by atoms with van der Waals surface area (Å²) in [6, 6.07) is 15.8. The van der Waals surface area contributed by atoms with Gasteiger partial charge in [0.25, 0.3) is 5.95 Å². The molecule has 0 unspecified atom stereocenters. The number of ether oxygens (including phenoxy) is 2. The first-order valence-corrected chi connectivity index (χ1v) is 9.27. The van der Waals surface area contributed by atoms with Crippen molar-refractivity contribution < 1.29 is 9.47 Å². The predicted octanol–water partition coefficient (Wildman–Crippen LogP) is 2.85. The smallest absolute Gasteiger partial charge is 0.264 e. The highest BCUT2D eigenvalue weighted by Crippen LogP contribution is 2.32. The van der Waals surface area contributed by atoms with Crippen LogP contribution in [0, 0.1) is 0 Å². The van der Waals surface area contributed by atoms with E-state index in [1.165, 1.54) is 22.0 Å². The van der Waals surface area contributed by atoms with Crippen LogP contribution in [0.5, 0.6) is 11.5 Å². The topological polar surface area (TPSA) is 99.6 Å². The number of hydrogen-bond acceptors (Lipinski definition) is 8. The number of aromatic nitrogens is 3. The van der Waals surface area contributed by atoms with E-state index in [4.69, 9.17) is 15.3 Å². The minimum absolute atomic E-state index is 0.243. The summed E-state index contributed by atoms with van der Waals surface area (Å²) >= 11 is 1.51. The Kier molecular flexibility index (Phi) is 4.84. The maximum Gasteiger partial charge on any atom is 0.264 e. The number of nitrogens with one attached hydrogen (secondary N) is 1. The molecule has 9 heteroatoms. The van der Waals surface area contributed by atoms with Crippen LogP contribution >= 0.6 is 11.8 Å². The molecular weight excluding hydrogens is 364 g/mol. The van der Waals surface area contributed by atoms with Gasteiger partial charge >= 0.3 is 0 Å². The molecule has 0 saturated carbocycles. The van der Waals surface area contributed by atoms with Crippen LogP contribution in [0.3, 0.4) is 0 Å². The average Bonchev–Trinajstić information content (AvgIpc) is 3.31. The fourth-order valence-corrected chi connectivity index (χ4v) is 3.31. The number of nitrogen functional groups attached to an aromatic ring is 1. The van der Waals surface area contributed by atoms with Gasteiger partial charge in [-0.2, -0.15) is 5.10 Å². The van der Waals surface area contributed by atoms with Crippen LogP contribution in [0.25, 0.3) is 0 Å². The first-order chi connectivity index (χ1) is 13.2. The zero-order valence-electron chi connectivity index (χ0n) is 14.6. The molecule has 1 aliphatic rings. The molecule has 3 aromatic rings. The summed E-state index contributed by atoms with van der Waals surface area (Å²) in [7, 11) is 0. The number of hydrazone groups is 1. The van der Waals surface area contributed by atoms with Gasteiger partial charge in [-0.05, 0) is 30.7 Å². The molecule has 3 N–H and O–H groups in total. The fourth-order valence-electron chi connectivity index (χ4n) is 2.49. The van der Waals surface area contributed by atoms with Gasteiger partial charge in [0.05, 0.1) is 5.71 Å². The second-order valence-electron chi connectivity index (χ2n) is 5.83. The van der Waals surface area contributed by atoms with E-state index in [1.54, 1.807) is 0 Å². The third kappa shape index (κ3) is 3.82. The summed E-state index contributed by atoms with van der Waals surface area (Å²) in [6.45, 7) is 2.12. The van der Waals surface area contributed by atoms with Crippen molar-refractivity contribution in [2.45, 2.75) is 17.8 Å². The van der Waals surface area contributed by atoms with E-state index in [0.29, 0.717) is 16.9 Å². The van der Waals surface area contributed by atoms with Gasteiger partial charge in [-0.1, -0.05) is 42.1 Å². The van der Waals surface area contributed by atoms with Gasteiger partial charge in [-0.25, -0.2) is 10.1 Å². The Morgan fingerprint density at radius 3 is 2.85 bits per heavy atom. The Balaban J connectivity index is 1.42. The Hall–Kier alpha value is -3.20. The number of benzene rings is 2. The molecule has 2 aromatic carbocycles. The van der Waals surface area contributed by atoms with Crippen LogP contribution in [0.1, 0.15) is 18.1 Å². The molecule has 27 heavy (non-hydrogen) atoms. The minimum Gasteiger partial charge on any atom is -0.454 e. The highest BCUT2D eigenvalue weighted by atomic mass is 32.2. The molecule has 4 rings (SSSR count). The highest BCUT2D eigenvalue weighted by molar-refractivity contribution is 7.98. The SMILES string of the molecule is C/C(=N\Nc1nnc(SCc2ccccc2)n1N)c1ccc2c(c1)OCO2. The van der Waals surface area contributed by atoms with Crippen molar-refractivity contribution >= 4 is 23.4 Å². The maximum absolute atomic E-state index is 6.07. The van der Waals surface area contributed by atoms with Crippen molar-refractivity contribution in [2.75, 3.05) is 18.1 Å². The van der Waals surface area contributed by atoms with Crippen LogP contribution < -0.4 is 20.7 Å². The van der Waals surface area contributed by atoms with Gasteiger partial charge in [0.15, 0.2) is 11.5 Å². The molecule has 0 bridgehead atoms. The summed E-state index contributed by atoms with van der Waals surface area (Å²) in [6.07, 6.45) is 0.